The molecule has 0 N–H and O–H groups in total. The second-order valence-electron chi connectivity index (χ2n) is 5.68. The molecule has 1 saturated heterocycles. The minimum atomic E-state index is 0.299. The molecule has 0 unspecified atom stereocenters. The molecule has 22 heavy (non-hydrogen) atoms. The highest BCUT2D eigenvalue weighted by atomic mass is 16.5. The molecule has 0 spiro atoms. The quantitative estimate of drug-likeness (QED) is 0.848. The molecule has 0 amide bonds. The third-order valence-electron chi connectivity index (χ3n) is 4.21. The zero-order valence-corrected chi connectivity index (χ0v) is 13.3. The van der Waals surface area contributed by atoms with Crippen molar-refractivity contribution in [2.45, 2.75) is 32.4 Å². The van der Waals surface area contributed by atoms with E-state index in [0.717, 1.165) is 48.0 Å². The average molecular weight is 302 g/mol. The summed E-state index contributed by atoms with van der Waals surface area (Å²) in [5.41, 5.74) is 2.09. The second-order valence-corrected chi connectivity index (χ2v) is 5.68. The lowest BCUT2D eigenvalue weighted by atomic mass is 10.1. The Bertz CT molecular complexity index is 639. The van der Waals surface area contributed by atoms with Crippen molar-refractivity contribution in [2.24, 2.45) is 0 Å². The molecule has 2 heterocycles. The van der Waals surface area contributed by atoms with Gasteiger partial charge in [0.05, 0.1) is 26.0 Å². The fourth-order valence-corrected chi connectivity index (χ4v) is 3.08. The SMILES string of the molecule is COc1ccc(CN2CCC[C@@H]2c2cc(C)no2)c(OC)c1. The molecule has 5 heteroatoms. The number of likely N-dealkylation sites (tertiary alicyclic amines) is 1. The first-order valence-electron chi connectivity index (χ1n) is 7.59. The van der Waals surface area contributed by atoms with Gasteiger partial charge in [0.1, 0.15) is 11.5 Å². The van der Waals surface area contributed by atoms with Crippen molar-refractivity contribution in [1.82, 2.24) is 10.1 Å². The highest BCUT2D eigenvalue weighted by Crippen LogP contribution is 2.35. The summed E-state index contributed by atoms with van der Waals surface area (Å²) in [5, 5.41) is 4.02. The van der Waals surface area contributed by atoms with Gasteiger partial charge in [0.15, 0.2) is 5.76 Å². The summed E-state index contributed by atoms with van der Waals surface area (Å²) < 4.78 is 16.2. The van der Waals surface area contributed by atoms with Crippen LogP contribution in [0.15, 0.2) is 28.8 Å². The molecule has 0 aliphatic carbocycles. The van der Waals surface area contributed by atoms with Gasteiger partial charge in [-0.3, -0.25) is 4.90 Å². The van der Waals surface area contributed by atoms with E-state index in [0.29, 0.717) is 6.04 Å². The Balaban J connectivity index is 1.80. The van der Waals surface area contributed by atoms with Crippen LogP contribution in [-0.2, 0) is 6.54 Å². The lowest BCUT2D eigenvalue weighted by molar-refractivity contribution is 0.204. The highest BCUT2D eigenvalue weighted by molar-refractivity contribution is 5.40. The van der Waals surface area contributed by atoms with E-state index in [4.69, 9.17) is 14.0 Å². The maximum Gasteiger partial charge on any atom is 0.154 e. The summed E-state index contributed by atoms with van der Waals surface area (Å²) in [6, 6.07) is 8.31. The summed E-state index contributed by atoms with van der Waals surface area (Å²) in [5.74, 6) is 2.63. The summed E-state index contributed by atoms with van der Waals surface area (Å²) in [7, 11) is 3.36. The largest absolute Gasteiger partial charge is 0.497 e. The molecule has 1 aromatic heterocycles. The monoisotopic (exact) mass is 302 g/mol. The van der Waals surface area contributed by atoms with Crippen LogP contribution < -0.4 is 9.47 Å². The number of aromatic nitrogens is 1. The Labute approximate surface area is 130 Å². The van der Waals surface area contributed by atoms with Crippen LogP contribution >= 0.6 is 0 Å². The molecule has 118 valence electrons. The number of hydrogen-bond donors (Lipinski definition) is 0. The molecule has 0 saturated carbocycles. The van der Waals surface area contributed by atoms with Crippen molar-refractivity contribution < 1.29 is 14.0 Å². The van der Waals surface area contributed by atoms with E-state index in [1.54, 1.807) is 14.2 Å². The van der Waals surface area contributed by atoms with Crippen LogP contribution in [0.3, 0.4) is 0 Å². The van der Waals surface area contributed by atoms with E-state index < -0.39 is 0 Å². The first-order valence-corrected chi connectivity index (χ1v) is 7.59. The van der Waals surface area contributed by atoms with E-state index in [1.807, 2.05) is 25.1 Å². The zero-order chi connectivity index (χ0) is 15.5. The molecule has 1 aliphatic heterocycles. The summed E-state index contributed by atoms with van der Waals surface area (Å²) >= 11 is 0. The van der Waals surface area contributed by atoms with E-state index >= 15 is 0 Å². The van der Waals surface area contributed by atoms with Gasteiger partial charge in [-0.25, -0.2) is 0 Å². The van der Waals surface area contributed by atoms with E-state index in [9.17, 15) is 0 Å². The maximum absolute atomic E-state index is 5.50. The van der Waals surface area contributed by atoms with E-state index in [1.165, 1.54) is 6.42 Å². The fraction of sp³-hybridized carbons (Fsp3) is 0.471. The van der Waals surface area contributed by atoms with Gasteiger partial charge in [-0.2, -0.15) is 0 Å². The lowest BCUT2D eigenvalue weighted by Crippen LogP contribution is -2.22. The van der Waals surface area contributed by atoms with Crippen molar-refractivity contribution in [2.75, 3.05) is 20.8 Å². The van der Waals surface area contributed by atoms with Crippen molar-refractivity contribution in [3.8, 4) is 11.5 Å². The van der Waals surface area contributed by atoms with Gasteiger partial charge in [0.25, 0.3) is 0 Å². The third-order valence-corrected chi connectivity index (χ3v) is 4.21. The van der Waals surface area contributed by atoms with E-state index in [2.05, 4.69) is 16.1 Å². The minimum absolute atomic E-state index is 0.299. The van der Waals surface area contributed by atoms with Crippen molar-refractivity contribution in [3.05, 3.63) is 41.3 Å². The number of rotatable bonds is 5. The summed E-state index contributed by atoms with van der Waals surface area (Å²) in [6.45, 7) is 3.84. The smallest absolute Gasteiger partial charge is 0.154 e. The number of hydrogen-bond acceptors (Lipinski definition) is 5. The van der Waals surface area contributed by atoms with Crippen molar-refractivity contribution in [1.29, 1.82) is 0 Å². The van der Waals surface area contributed by atoms with Crippen LogP contribution in [-0.4, -0.2) is 30.8 Å². The molecule has 1 aromatic carbocycles. The van der Waals surface area contributed by atoms with Crippen LogP contribution in [0.25, 0.3) is 0 Å². The van der Waals surface area contributed by atoms with Gasteiger partial charge in [-0.1, -0.05) is 11.2 Å². The Morgan fingerprint density at radius 2 is 2.14 bits per heavy atom. The Morgan fingerprint density at radius 1 is 1.27 bits per heavy atom. The van der Waals surface area contributed by atoms with Gasteiger partial charge in [-0.15, -0.1) is 0 Å². The zero-order valence-electron chi connectivity index (χ0n) is 13.3. The Morgan fingerprint density at radius 3 is 2.82 bits per heavy atom. The van der Waals surface area contributed by atoms with Gasteiger partial charge in [0.2, 0.25) is 0 Å². The predicted molar refractivity (Wildman–Crippen MR) is 83.2 cm³/mol. The Hall–Kier alpha value is -2.01. The average Bonchev–Trinajstić information content (AvgIpc) is 3.16. The highest BCUT2D eigenvalue weighted by Gasteiger charge is 2.29. The first-order chi connectivity index (χ1) is 10.7. The molecule has 2 aromatic rings. The van der Waals surface area contributed by atoms with Gasteiger partial charge in [-0.05, 0) is 32.4 Å². The molecule has 0 radical (unpaired) electrons. The third kappa shape index (κ3) is 2.95. The molecule has 0 bridgehead atoms. The standard InChI is InChI=1S/C17H22N2O3/c1-12-9-17(22-18-12)15-5-4-8-19(15)11-13-6-7-14(20-2)10-16(13)21-3/h6-7,9-10,15H,4-5,8,11H2,1-3H3/t15-/m1/s1. The molecular formula is C17H22N2O3. The lowest BCUT2D eigenvalue weighted by Gasteiger charge is -2.23. The molecular weight excluding hydrogens is 280 g/mol. The predicted octanol–water partition coefficient (Wildman–Crippen LogP) is 3.34. The van der Waals surface area contributed by atoms with Crippen LogP contribution in [0, 0.1) is 6.92 Å². The minimum Gasteiger partial charge on any atom is -0.497 e. The van der Waals surface area contributed by atoms with Crippen LogP contribution in [0.4, 0.5) is 0 Å². The summed E-state index contributed by atoms with van der Waals surface area (Å²) in [4.78, 5) is 2.42. The molecule has 5 nitrogen and oxygen atoms in total. The van der Waals surface area contributed by atoms with Crippen LogP contribution in [0.5, 0.6) is 11.5 Å². The van der Waals surface area contributed by atoms with Crippen LogP contribution in [0.2, 0.25) is 0 Å². The maximum atomic E-state index is 5.50. The van der Waals surface area contributed by atoms with Crippen molar-refractivity contribution in [3.63, 3.8) is 0 Å². The number of nitrogens with zero attached hydrogens (tertiary/aromatic N) is 2. The summed E-state index contributed by atoms with van der Waals surface area (Å²) in [6.07, 6.45) is 2.27. The number of benzene rings is 1. The van der Waals surface area contributed by atoms with E-state index in [-0.39, 0.29) is 0 Å². The number of methoxy groups -OCH3 is 2. The van der Waals surface area contributed by atoms with Crippen LogP contribution in [0.1, 0.15) is 35.9 Å². The molecule has 1 fully saturated rings. The Kier molecular flexibility index (Phi) is 4.34. The van der Waals surface area contributed by atoms with Gasteiger partial charge >= 0.3 is 0 Å². The second kappa shape index (κ2) is 6.40. The number of ether oxygens (including phenoxy) is 2. The normalized spacial score (nSPS) is 18.6. The molecule has 1 aliphatic rings. The van der Waals surface area contributed by atoms with Gasteiger partial charge in [0, 0.05) is 24.2 Å². The number of aryl methyl sites for hydroxylation is 1. The molecule has 1 atom stereocenters. The topological polar surface area (TPSA) is 47.7 Å². The van der Waals surface area contributed by atoms with Gasteiger partial charge < -0.3 is 14.0 Å². The molecule has 3 rings (SSSR count). The van der Waals surface area contributed by atoms with Crippen molar-refractivity contribution >= 4 is 0 Å². The first kappa shape index (κ1) is 14.9. The fourth-order valence-electron chi connectivity index (χ4n) is 3.08.